The van der Waals surface area contributed by atoms with Gasteiger partial charge in [-0.15, -0.1) is 0 Å². The van der Waals surface area contributed by atoms with Crippen LogP contribution in [0.25, 0.3) is 0 Å². The minimum Gasteiger partial charge on any atom is -0.204 e. The largest absolute Gasteiger partial charge is 0.513 e. The van der Waals surface area contributed by atoms with Crippen LogP contribution in [0.4, 0.5) is 22.0 Å². The Balaban J connectivity index is 5.86. The summed E-state index contributed by atoms with van der Waals surface area (Å²) in [5.74, 6) is -1.90. The molecule has 0 radical (unpaired) electrons. The summed E-state index contributed by atoms with van der Waals surface area (Å²) in [6.07, 6.45) is 0. The molecule has 0 aliphatic rings. The van der Waals surface area contributed by atoms with Crippen molar-refractivity contribution < 1.29 is 38.8 Å². The molecular formula is C5H7F5INO4S2. The van der Waals surface area contributed by atoms with Crippen LogP contribution in [-0.4, -0.2) is 29.5 Å². The zero-order valence-electron chi connectivity index (χ0n) is 8.74. The lowest BCUT2D eigenvalue weighted by atomic mass is 10.2. The summed E-state index contributed by atoms with van der Waals surface area (Å²) in [5.41, 5.74) is -5.99. The Bertz CT molecular complexity index is 510. The van der Waals surface area contributed by atoms with Gasteiger partial charge in [0, 0.05) is 5.92 Å². The monoisotopic (exact) mass is 431 g/mol. The Morgan fingerprint density at radius 3 is 1.50 bits per heavy atom. The Kier molecular flexibility index (Phi) is 5.04. The highest BCUT2D eigenvalue weighted by molar-refractivity contribution is 14.1. The van der Waals surface area contributed by atoms with Gasteiger partial charge in [0.1, 0.15) is 0 Å². The molecule has 0 aliphatic carbocycles. The standard InChI is InChI=1S/C5H7F5INO4S2/c1-3(2)4(6,7)17(13,14)12(11)18(15,16)5(8,9)10/h3H,1-2H3. The van der Waals surface area contributed by atoms with E-state index in [0.717, 1.165) is 13.8 Å². The third-order valence-electron chi connectivity index (χ3n) is 1.69. The van der Waals surface area contributed by atoms with Crippen molar-refractivity contribution in [2.24, 2.45) is 5.92 Å². The van der Waals surface area contributed by atoms with E-state index in [1.54, 1.807) is 0 Å². The molecular weight excluding hydrogens is 424 g/mol. The average molecular weight is 431 g/mol. The van der Waals surface area contributed by atoms with Gasteiger partial charge in [0.15, 0.2) is 0 Å². The molecule has 0 spiro atoms. The molecule has 110 valence electrons. The first-order chi connectivity index (χ1) is 7.60. The highest BCUT2D eigenvalue weighted by Crippen LogP contribution is 2.39. The number of rotatable bonds is 4. The molecule has 0 atom stereocenters. The lowest BCUT2D eigenvalue weighted by Gasteiger charge is -2.25. The molecule has 0 aliphatic heterocycles. The first-order valence-electron chi connectivity index (χ1n) is 4.00. The van der Waals surface area contributed by atoms with Crippen LogP contribution in [0, 0.1) is 5.92 Å². The van der Waals surface area contributed by atoms with E-state index < -0.39 is 38.7 Å². The maximum absolute atomic E-state index is 13.2. The average Bonchev–Trinajstić information content (AvgIpc) is 2.13. The Morgan fingerprint density at radius 2 is 1.28 bits per heavy atom. The van der Waals surface area contributed by atoms with E-state index in [2.05, 4.69) is 0 Å². The van der Waals surface area contributed by atoms with Crippen LogP contribution in [0.15, 0.2) is 0 Å². The number of hydrogen-bond acceptors (Lipinski definition) is 4. The van der Waals surface area contributed by atoms with Crippen molar-refractivity contribution in [2.45, 2.75) is 24.6 Å². The molecule has 0 unspecified atom stereocenters. The lowest BCUT2D eigenvalue weighted by molar-refractivity contribution is -0.0455. The van der Waals surface area contributed by atoms with Gasteiger partial charge in [-0.25, -0.2) is 16.8 Å². The van der Waals surface area contributed by atoms with Crippen LogP contribution < -0.4 is 0 Å². The number of hydrogen-bond donors (Lipinski definition) is 0. The minimum absolute atomic E-state index is 0.168. The highest BCUT2D eigenvalue weighted by Gasteiger charge is 2.61. The summed E-state index contributed by atoms with van der Waals surface area (Å²) in [4.78, 5) is 0. The van der Waals surface area contributed by atoms with Crippen molar-refractivity contribution in [2.75, 3.05) is 0 Å². The number of halogens is 6. The molecule has 0 aromatic carbocycles. The maximum atomic E-state index is 13.2. The summed E-state index contributed by atoms with van der Waals surface area (Å²) in [5, 5.41) is -4.65. The predicted molar refractivity (Wildman–Crippen MR) is 59.5 cm³/mol. The molecule has 18 heavy (non-hydrogen) atoms. The maximum Gasteiger partial charge on any atom is 0.513 e. The van der Waals surface area contributed by atoms with E-state index in [4.69, 9.17) is 0 Å². The second-order valence-electron chi connectivity index (χ2n) is 3.32. The van der Waals surface area contributed by atoms with Crippen molar-refractivity contribution >= 4 is 42.9 Å². The van der Waals surface area contributed by atoms with Gasteiger partial charge in [0.2, 0.25) is 0 Å². The van der Waals surface area contributed by atoms with E-state index in [9.17, 15) is 38.8 Å². The van der Waals surface area contributed by atoms with Crippen molar-refractivity contribution in [3.05, 3.63) is 0 Å². The van der Waals surface area contributed by atoms with Crippen molar-refractivity contribution in [3.63, 3.8) is 0 Å². The van der Waals surface area contributed by atoms with Crippen LogP contribution in [0.2, 0.25) is 0 Å². The smallest absolute Gasteiger partial charge is 0.204 e. The van der Waals surface area contributed by atoms with Crippen LogP contribution in [0.5, 0.6) is 0 Å². The topological polar surface area (TPSA) is 71.5 Å². The van der Waals surface area contributed by atoms with Gasteiger partial charge < -0.3 is 0 Å². The van der Waals surface area contributed by atoms with E-state index in [1.165, 1.54) is 0 Å². The number of sulfonamides is 2. The fraction of sp³-hybridized carbons (Fsp3) is 1.00. The molecule has 0 saturated carbocycles. The lowest BCUT2D eigenvalue weighted by Crippen LogP contribution is -2.47. The third kappa shape index (κ3) is 2.87. The molecule has 0 saturated heterocycles. The zero-order chi connectivity index (χ0) is 15.2. The van der Waals surface area contributed by atoms with Crippen LogP contribution >= 0.6 is 22.9 Å². The Labute approximate surface area is 114 Å². The van der Waals surface area contributed by atoms with Gasteiger partial charge >= 0.3 is 30.8 Å². The van der Waals surface area contributed by atoms with Gasteiger partial charge in [-0.05, 0) is 1.92 Å². The van der Waals surface area contributed by atoms with Gasteiger partial charge in [-0.1, -0.05) is 13.8 Å². The second-order valence-corrected chi connectivity index (χ2v) is 9.47. The molecule has 0 rings (SSSR count). The van der Waals surface area contributed by atoms with Crippen LogP contribution in [0.1, 0.15) is 13.8 Å². The minimum atomic E-state index is -6.40. The number of alkyl halides is 5. The van der Waals surface area contributed by atoms with E-state index in [-0.39, 0.29) is 22.9 Å². The van der Waals surface area contributed by atoms with Crippen molar-refractivity contribution in [3.8, 4) is 0 Å². The summed E-state index contributed by atoms with van der Waals surface area (Å²) >= 11 is 0.168. The Morgan fingerprint density at radius 1 is 0.944 bits per heavy atom. The van der Waals surface area contributed by atoms with Crippen LogP contribution in [-0.2, 0) is 20.0 Å². The molecule has 0 heterocycles. The fourth-order valence-corrected chi connectivity index (χ4v) is 4.60. The molecule has 0 aromatic heterocycles. The fourth-order valence-electron chi connectivity index (χ4n) is 0.604. The van der Waals surface area contributed by atoms with Crippen molar-refractivity contribution in [1.82, 2.24) is 1.92 Å². The zero-order valence-corrected chi connectivity index (χ0v) is 12.5. The predicted octanol–water partition coefficient (Wildman–Crippen LogP) is 2.07. The van der Waals surface area contributed by atoms with E-state index in [0.29, 0.717) is 0 Å². The van der Waals surface area contributed by atoms with E-state index >= 15 is 0 Å². The van der Waals surface area contributed by atoms with Gasteiger partial charge in [-0.3, -0.25) is 0 Å². The molecule has 0 N–H and O–H groups in total. The molecule has 0 aromatic rings. The Hall–Kier alpha value is 0.240. The summed E-state index contributed by atoms with van der Waals surface area (Å²) in [7, 11) is -12.4. The SMILES string of the molecule is CC(C)C(F)(F)S(=O)(=O)N(I)S(=O)(=O)C(F)(F)F. The summed E-state index contributed by atoms with van der Waals surface area (Å²) in [6.45, 7) is 1.45. The first-order valence-corrected chi connectivity index (χ1v) is 7.84. The third-order valence-corrected chi connectivity index (χ3v) is 8.48. The first kappa shape index (κ1) is 18.2. The van der Waals surface area contributed by atoms with Gasteiger partial charge in [-0.2, -0.15) is 22.0 Å². The quantitative estimate of drug-likeness (QED) is 0.388. The second kappa shape index (κ2) is 4.97. The molecule has 13 heteroatoms. The molecule has 0 bridgehead atoms. The summed E-state index contributed by atoms with van der Waals surface area (Å²) < 4.78 is 105. The number of nitrogens with zero attached hydrogens (tertiary/aromatic N) is 1. The normalized spacial score (nSPS) is 15.4. The van der Waals surface area contributed by atoms with Gasteiger partial charge in [0.25, 0.3) is 0 Å². The van der Waals surface area contributed by atoms with Crippen molar-refractivity contribution in [1.29, 1.82) is 0 Å². The molecule has 0 amide bonds. The van der Waals surface area contributed by atoms with Crippen LogP contribution in [0.3, 0.4) is 0 Å². The van der Waals surface area contributed by atoms with Gasteiger partial charge in [0.05, 0.1) is 22.9 Å². The van der Waals surface area contributed by atoms with E-state index in [1.807, 2.05) is 0 Å². The highest BCUT2D eigenvalue weighted by atomic mass is 127. The molecule has 5 nitrogen and oxygen atoms in total. The molecule has 0 fully saturated rings. The summed E-state index contributed by atoms with van der Waals surface area (Å²) in [6, 6.07) is 0.